The van der Waals surface area contributed by atoms with Crippen LogP contribution in [0.1, 0.15) is 17.1 Å². The molecule has 0 aliphatic heterocycles. The maximum Gasteiger partial charge on any atom is 0.123 e. The zero-order valence-electron chi connectivity index (χ0n) is 9.03. The van der Waals surface area contributed by atoms with Crippen LogP contribution >= 0.6 is 0 Å². The Morgan fingerprint density at radius 2 is 1.94 bits per heavy atom. The Balaban J connectivity index is 1.97. The van der Waals surface area contributed by atoms with Gasteiger partial charge in [-0.05, 0) is 43.3 Å². The molecule has 1 N–H and O–H groups in total. The minimum Gasteiger partial charge on any atom is -0.465 e. The molecule has 2 rings (SSSR count). The van der Waals surface area contributed by atoms with Crippen molar-refractivity contribution < 1.29 is 4.42 Å². The summed E-state index contributed by atoms with van der Waals surface area (Å²) in [5.41, 5.74) is 1.65. The van der Waals surface area contributed by atoms with E-state index in [9.17, 15) is 0 Å². The van der Waals surface area contributed by atoms with Crippen LogP contribution < -0.4 is 5.32 Å². The molecule has 0 spiro atoms. The molecule has 0 fully saturated rings. The summed E-state index contributed by atoms with van der Waals surface area (Å²) >= 11 is 0. The molecule has 16 heavy (non-hydrogen) atoms. The van der Waals surface area contributed by atoms with Gasteiger partial charge >= 0.3 is 0 Å². The normalized spacial score (nSPS) is 9.75. The summed E-state index contributed by atoms with van der Waals surface area (Å²) in [4.78, 5) is 0. The first kappa shape index (κ1) is 10.3. The molecule has 0 radical (unpaired) electrons. The van der Waals surface area contributed by atoms with Crippen LogP contribution in [0, 0.1) is 18.3 Å². The van der Waals surface area contributed by atoms with Crippen molar-refractivity contribution in [1.82, 2.24) is 0 Å². The van der Waals surface area contributed by atoms with E-state index in [1.165, 1.54) is 0 Å². The fourth-order valence-corrected chi connectivity index (χ4v) is 1.43. The Morgan fingerprint density at radius 1 is 1.19 bits per heavy atom. The van der Waals surface area contributed by atoms with E-state index in [0.29, 0.717) is 12.1 Å². The van der Waals surface area contributed by atoms with Crippen LogP contribution in [-0.2, 0) is 6.54 Å². The predicted octanol–water partition coefficient (Wildman–Crippen LogP) is 3.07. The monoisotopic (exact) mass is 212 g/mol. The lowest BCUT2D eigenvalue weighted by Gasteiger charge is -2.03. The van der Waals surface area contributed by atoms with Crippen molar-refractivity contribution in [3.63, 3.8) is 0 Å². The lowest BCUT2D eigenvalue weighted by Crippen LogP contribution is -1.97. The SMILES string of the molecule is Cc1ccc(CNc2ccc(C#N)cc2)o1. The van der Waals surface area contributed by atoms with Crippen molar-refractivity contribution in [2.45, 2.75) is 13.5 Å². The van der Waals surface area contributed by atoms with E-state index in [-0.39, 0.29) is 0 Å². The molecule has 0 bridgehead atoms. The zero-order chi connectivity index (χ0) is 11.4. The quantitative estimate of drug-likeness (QED) is 0.850. The van der Waals surface area contributed by atoms with Gasteiger partial charge in [-0.15, -0.1) is 0 Å². The lowest BCUT2D eigenvalue weighted by molar-refractivity contribution is 0.490. The standard InChI is InChI=1S/C13H12N2O/c1-10-2-7-13(16-10)9-15-12-5-3-11(8-14)4-6-12/h2-7,15H,9H2,1H3. The Bertz CT molecular complexity index is 505. The van der Waals surface area contributed by atoms with Gasteiger partial charge < -0.3 is 9.73 Å². The third kappa shape index (κ3) is 2.43. The smallest absolute Gasteiger partial charge is 0.123 e. The van der Waals surface area contributed by atoms with Crippen molar-refractivity contribution in [3.8, 4) is 6.07 Å². The topological polar surface area (TPSA) is 49.0 Å². The van der Waals surface area contributed by atoms with Gasteiger partial charge in [-0.2, -0.15) is 5.26 Å². The fourth-order valence-electron chi connectivity index (χ4n) is 1.43. The largest absolute Gasteiger partial charge is 0.465 e. The van der Waals surface area contributed by atoms with Crippen molar-refractivity contribution in [2.75, 3.05) is 5.32 Å². The number of aryl methyl sites for hydroxylation is 1. The second-order valence-corrected chi connectivity index (χ2v) is 3.56. The summed E-state index contributed by atoms with van der Waals surface area (Å²) < 4.78 is 5.44. The van der Waals surface area contributed by atoms with Gasteiger partial charge in [-0.25, -0.2) is 0 Å². The van der Waals surface area contributed by atoms with E-state index in [2.05, 4.69) is 11.4 Å². The van der Waals surface area contributed by atoms with E-state index in [1.54, 1.807) is 12.1 Å². The second-order valence-electron chi connectivity index (χ2n) is 3.56. The number of nitrogens with one attached hydrogen (secondary N) is 1. The average molecular weight is 212 g/mol. The molecular weight excluding hydrogens is 200 g/mol. The molecule has 80 valence electrons. The number of nitriles is 1. The number of anilines is 1. The highest BCUT2D eigenvalue weighted by Gasteiger charge is 1.98. The summed E-state index contributed by atoms with van der Waals surface area (Å²) in [6, 6.07) is 13.3. The van der Waals surface area contributed by atoms with Crippen molar-refractivity contribution in [2.24, 2.45) is 0 Å². The molecule has 3 heteroatoms. The summed E-state index contributed by atoms with van der Waals surface area (Å²) in [6.45, 7) is 2.57. The van der Waals surface area contributed by atoms with Crippen molar-refractivity contribution in [1.29, 1.82) is 5.26 Å². The summed E-state index contributed by atoms with van der Waals surface area (Å²) in [6.07, 6.45) is 0. The number of benzene rings is 1. The number of nitrogens with zero attached hydrogens (tertiary/aromatic N) is 1. The molecular formula is C13H12N2O. The van der Waals surface area contributed by atoms with Gasteiger partial charge in [0.25, 0.3) is 0 Å². The Morgan fingerprint density at radius 3 is 2.50 bits per heavy atom. The maximum atomic E-state index is 8.65. The van der Waals surface area contributed by atoms with Crippen molar-refractivity contribution in [3.05, 3.63) is 53.5 Å². The minimum absolute atomic E-state index is 0.653. The molecule has 0 saturated carbocycles. The van der Waals surface area contributed by atoms with E-state index in [1.807, 2.05) is 31.2 Å². The molecule has 1 aromatic heterocycles. The molecule has 0 saturated heterocycles. The van der Waals surface area contributed by atoms with Crippen LogP contribution in [0.4, 0.5) is 5.69 Å². The van der Waals surface area contributed by atoms with Crippen molar-refractivity contribution >= 4 is 5.69 Å². The molecule has 1 aromatic carbocycles. The van der Waals surface area contributed by atoms with Crippen LogP contribution in [0.2, 0.25) is 0 Å². The molecule has 0 atom stereocenters. The second kappa shape index (κ2) is 4.54. The number of hydrogen-bond donors (Lipinski definition) is 1. The van der Waals surface area contributed by atoms with Crippen LogP contribution in [0.3, 0.4) is 0 Å². The average Bonchev–Trinajstić information content (AvgIpc) is 2.73. The van der Waals surface area contributed by atoms with E-state index in [0.717, 1.165) is 17.2 Å². The van der Waals surface area contributed by atoms with E-state index < -0.39 is 0 Å². The molecule has 3 nitrogen and oxygen atoms in total. The molecule has 1 heterocycles. The highest BCUT2D eigenvalue weighted by Crippen LogP contribution is 2.12. The van der Waals surface area contributed by atoms with Gasteiger partial charge in [-0.1, -0.05) is 0 Å². The van der Waals surface area contributed by atoms with Gasteiger partial charge in [0.1, 0.15) is 11.5 Å². The predicted molar refractivity (Wildman–Crippen MR) is 61.9 cm³/mol. The summed E-state index contributed by atoms with van der Waals surface area (Å²) in [5, 5.41) is 11.9. The first-order valence-corrected chi connectivity index (χ1v) is 5.07. The van der Waals surface area contributed by atoms with Gasteiger partial charge in [0.05, 0.1) is 18.2 Å². The molecule has 2 aromatic rings. The number of hydrogen-bond acceptors (Lipinski definition) is 3. The minimum atomic E-state index is 0.653. The number of furan rings is 1. The van der Waals surface area contributed by atoms with Crippen LogP contribution in [-0.4, -0.2) is 0 Å². The fraction of sp³-hybridized carbons (Fsp3) is 0.154. The van der Waals surface area contributed by atoms with Crippen LogP contribution in [0.5, 0.6) is 0 Å². The van der Waals surface area contributed by atoms with E-state index >= 15 is 0 Å². The van der Waals surface area contributed by atoms with Gasteiger partial charge in [0.15, 0.2) is 0 Å². The highest BCUT2D eigenvalue weighted by molar-refractivity contribution is 5.47. The third-order valence-electron chi connectivity index (χ3n) is 2.28. The van der Waals surface area contributed by atoms with Gasteiger partial charge in [0, 0.05) is 5.69 Å². The summed E-state index contributed by atoms with van der Waals surface area (Å²) in [7, 11) is 0. The first-order chi connectivity index (χ1) is 7.78. The molecule has 0 unspecified atom stereocenters. The highest BCUT2D eigenvalue weighted by atomic mass is 16.3. The molecule has 0 aliphatic rings. The first-order valence-electron chi connectivity index (χ1n) is 5.07. The van der Waals surface area contributed by atoms with Gasteiger partial charge in [-0.3, -0.25) is 0 Å². The Kier molecular flexibility index (Phi) is 2.93. The Hall–Kier alpha value is -2.21. The van der Waals surface area contributed by atoms with Crippen LogP contribution in [0.15, 0.2) is 40.8 Å². The Labute approximate surface area is 94.3 Å². The van der Waals surface area contributed by atoms with Gasteiger partial charge in [0.2, 0.25) is 0 Å². The van der Waals surface area contributed by atoms with Crippen LogP contribution in [0.25, 0.3) is 0 Å². The summed E-state index contributed by atoms with van der Waals surface area (Å²) in [5.74, 6) is 1.82. The molecule has 0 amide bonds. The zero-order valence-corrected chi connectivity index (χ0v) is 9.03. The lowest BCUT2D eigenvalue weighted by atomic mass is 10.2. The van der Waals surface area contributed by atoms with E-state index in [4.69, 9.17) is 9.68 Å². The maximum absolute atomic E-state index is 8.65. The number of rotatable bonds is 3. The molecule has 0 aliphatic carbocycles. The third-order valence-corrected chi connectivity index (χ3v) is 2.28.